The van der Waals surface area contributed by atoms with Gasteiger partial charge in [0.25, 0.3) is 5.91 Å². The summed E-state index contributed by atoms with van der Waals surface area (Å²) in [6.45, 7) is 5.23. The van der Waals surface area contributed by atoms with Crippen molar-refractivity contribution in [3.05, 3.63) is 39.8 Å². The molecule has 1 atom stereocenters. The molecular formula is C19H28ClN3O3S. The van der Waals surface area contributed by atoms with Gasteiger partial charge in [0.1, 0.15) is 5.69 Å². The summed E-state index contributed by atoms with van der Waals surface area (Å²) < 4.78 is 11.2. The minimum atomic E-state index is -0.195. The van der Waals surface area contributed by atoms with Crippen molar-refractivity contribution in [2.45, 2.75) is 39.2 Å². The smallest absolute Gasteiger partial charge is 0.271 e. The van der Waals surface area contributed by atoms with Gasteiger partial charge >= 0.3 is 0 Å². The molecule has 0 spiro atoms. The van der Waals surface area contributed by atoms with Gasteiger partial charge in [-0.25, -0.2) is 4.98 Å². The molecule has 0 saturated carbocycles. The van der Waals surface area contributed by atoms with Gasteiger partial charge in [-0.1, -0.05) is 19.4 Å². The van der Waals surface area contributed by atoms with Gasteiger partial charge in [0.05, 0.1) is 24.8 Å². The fourth-order valence-corrected chi connectivity index (χ4v) is 3.20. The van der Waals surface area contributed by atoms with E-state index in [1.165, 1.54) is 11.3 Å². The number of methoxy groups -OCH3 is 1. The molecule has 1 aromatic heterocycles. The molecule has 1 unspecified atom stereocenters. The van der Waals surface area contributed by atoms with Crippen LogP contribution in [0.4, 0.5) is 0 Å². The maximum absolute atomic E-state index is 12.4. The molecule has 2 aromatic rings. The Hall–Kier alpha value is -1.83. The summed E-state index contributed by atoms with van der Waals surface area (Å²) >= 11 is 1.45. The average Bonchev–Trinajstić information content (AvgIpc) is 3.11. The van der Waals surface area contributed by atoms with E-state index in [2.05, 4.69) is 17.2 Å². The molecule has 0 aliphatic carbocycles. The zero-order chi connectivity index (χ0) is 18.9. The monoisotopic (exact) mass is 413 g/mol. The van der Waals surface area contributed by atoms with Gasteiger partial charge in [-0.05, 0) is 37.6 Å². The Morgan fingerprint density at radius 1 is 1.37 bits per heavy atom. The summed E-state index contributed by atoms with van der Waals surface area (Å²) in [5.74, 6) is 1.19. The van der Waals surface area contributed by atoms with E-state index in [0.29, 0.717) is 36.8 Å². The highest BCUT2D eigenvalue weighted by Gasteiger charge is 2.16. The van der Waals surface area contributed by atoms with Gasteiger partial charge in [0, 0.05) is 11.8 Å². The number of benzene rings is 1. The molecule has 6 nitrogen and oxygen atoms in total. The first-order valence-electron chi connectivity index (χ1n) is 8.85. The van der Waals surface area contributed by atoms with Gasteiger partial charge in [0.15, 0.2) is 11.5 Å². The number of unbranched alkanes of at least 4 members (excludes halogenated alkanes) is 1. The van der Waals surface area contributed by atoms with Crippen LogP contribution in [-0.4, -0.2) is 31.2 Å². The normalized spacial score (nSPS) is 11.4. The van der Waals surface area contributed by atoms with Crippen molar-refractivity contribution in [1.82, 2.24) is 10.3 Å². The molecule has 8 heteroatoms. The summed E-state index contributed by atoms with van der Waals surface area (Å²) in [6.07, 6.45) is 2.76. The molecule has 1 aromatic carbocycles. The number of hydrogen-bond donors (Lipinski definition) is 2. The summed E-state index contributed by atoms with van der Waals surface area (Å²) in [7, 11) is 1.61. The molecule has 1 amide bonds. The quantitative estimate of drug-likeness (QED) is 0.579. The molecule has 0 aliphatic heterocycles. The van der Waals surface area contributed by atoms with Crippen LogP contribution in [0.3, 0.4) is 0 Å². The number of hydrogen-bond acceptors (Lipinski definition) is 6. The van der Waals surface area contributed by atoms with Crippen LogP contribution in [0.2, 0.25) is 0 Å². The molecule has 27 heavy (non-hydrogen) atoms. The van der Waals surface area contributed by atoms with E-state index in [1.807, 2.05) is 25.1 Å². The van der Waals surface area contributed by atoms with Crippen molar-refractivity contribution in [2.75, 3.05) is 20.3 Å². The minimum absolute atomic E-state index is 0. The van der Waals surface area contributed by atoms with Crippen LogP contribution in [0.15, 0.2) is 23.6 Å². The number of rotatable bonds is 10. The molecular weight excluding hydrogens is 386 g/mol. The van der Waals surface area contributed by atoms with E-state index in [4.69, 9.17) is 15.2 Å². The molecule has 0 fully saturated rings. The number of aromatic nitrogens is 1. The van der Waals surface area contributed by atoms with E-state index < -0.39 is 0 Å². The van der Waals surface area contributed by atoms with Crippen molar-refractivity contribution in [3.8, 4) is 11.5 Å². The highest BCUT2D eigenvalue weighted by molar-refractivity contribution is 7.09. The van der Waals surface area contributed by atoms with E-state index >= 15 is 0 Å². The van der Waals surface area contributed by atoms with Crippen molar-refractivity contribution in [3.63, 3.8) is 0 Å². The summed E-state index contributed by atoms with van der Waals surface area (Å²) in [5.41, 5.74) is 6.89. The largest absolute Gasteiger partial charge is 0.493 e. The highest BCUT2D eigenvalue weighted by atomic mass is 35.5. The lowest BCUT2D eigenvalue weighted by Crippen LogP contribution is -2.27. The number of nitrogens with one attached hydrogen (secondary N) is 1. The van der Waals surface area contributed by atoms with Gasteiger partial charge in [-0.3, -0.25) is 4.79 Å². The molecule has 0 radical (unpaired) electrons. The summed E-state index contributed by atoms with van der Waals surface area (Å²) in [4.78, 5) is 16.7. The Morgan fingerprint density at radius 3 is 2.81 bits per heavy atom. The third-order valence-electron chi connectivity index (χ3n) is 3.93. The van der Waals surface area contributed by atoms with Crippen LogP contribution in [0.5, 0.6) is 11.5 Å². The zero-order valence-electron chi connectivity index (χ0n) is 16.0. The zero-order valence-corrected chi connectivity index (χ0v) is 17.6. The maximum Gasteiger partial charge on any atom is 0.271 e. The second-order valence-electron chi connectivity index (χ2n) is 5.97. The number of thiazole rings is 1. The maximum atomic E-state index is 12.4. The predicted octanol–water partition coefficient (Wildman–Crippen LogP) is 3.74. The number of nitrogens with zero attached hydrogens (tertiary/aromatic N) is 1. The van der Waals surface area contributed by atoms with Crippen LogP contribution in [0.25, 0.3) is 0 Å². The fourth-order valence-electron chi connectivity index (χ4n) is 2.41. The third kappa shape index (κ3) is 6.68. The van der Waals surface area contributed by atoms with Crippen LogP contribution >= 0.6 is 23.7 Å². The minimum Gasteiger partial charge on any atom is -0.493 e. The first-order valence-corrected chi connectivity index (χ1v) is 9.73. The van der Waals surface area contributed by atoms with Crippen LogP contribution in [-0.2, 0) is 6.42 Å². The lowest BCUT2D eigenvalue weighted by atomic mass is 10.1. The third-order valence-corrected chi connectivity index (χ3v) is 4.84. The molecule has 0 saturated heterocycles. The van der Waals surface area contributed by atoms with E-state index in [-0.39, 0.29) is 24.4 Å². The second kappa shape index (κ2) is 11.8. The van der Waals surface area contributed by atoms with E-state index in [1.54, 1.807) is 12.5 Å². The predicted molar refractivity (Wildman–Crippen MR) is 111 cm³/mol. The van der Waals surface area contributed by atoms with Gasteiger partial charge in [-0.2, -0.15) is 0 Å². The van der Waals surface area contributed by atoms with E-state index in [9.17, 15) is 4.79 Å². The Labute approximate surface area is 170 Å². The standard InChI is InChI=1S/C19H27N3O3S.ClH/c1-4-5-10-25-16-7-6-14(11-17(16)24-3)13(2)21-19(23)15-12-26-18(22-15)8-9-20;/h6-7,11-13H,4-5,8-10,20H2,1-3H3,(H,21,23);1H. The number of amides is 1. The number of ether oxygens (including phenoxy) is 2. The fraction of sp³-hybridized carbons (Fsp3) is 0.474. The molecule has 150 valence electrons. The number of halogens is 1. The first-order chi connectivity index (χ1) is 12.6. The molecule has 3 N–H and O–H groups in total. The number of nitrogens with two attached hydrogens (primary N) is 1. The molecule has 1 heterocycles. The van der Waals surface area contributed by atoms with Crippen molar-refractivity contribution in [1.29, 1.82) is 0 Å². The lowest BCUT2D eigenvalue weighted by Gasteiger charge is -2.17. The van der Waals surface area contributed by atoms with Crippen LogP contribution in [0.1, 0.15) is 53.8 Å². The van der Waals surface area contributed by atoms with Crippen LogP contribution in [0, 0.1) is 0 Å². The molecule has 0 bridgehead atoms. The van der Waals surface area contributed by atoms with Crippen molar-refractivity contribution >= 4 is 29.7 Å². The highest BCUT2D eigenvalue weighted by Crippen LogP contribution is 2.30. The van der Waals surface area contributed by atoms with E-state index in [0.717, 1.165) is 23.4 Å². The molecule has 0 aliphatic rings. The lowest BCUT2D eigenvalue weighted by molar-refractivity contribution is 0.0935. The van der Waals surface area contributed by atoms with Gasteiger partial charge < -0.3 is 20.5 Å². The number of carbonyl (C=O) groups excluding carboxylic acids is 1. The Kier molecular flexibility index (Phi) is 10.1. The summed E-state index contributed by atoms with van der Waals surface area (Å²) in [6, 6.07) is 5.54. The summed E-state index contributed by atoms with van der Waals surface area (Å²) in [5, 5.41) is 5.61. The van der Waals surface area contributed by atoms with Crippen molar-refractivity contribution in [2.24, 2.45) is 5.73 Å². The Balaban J connectivity index is 0.00000364. The Bertz CT molecular complexity index is 724. The van der Waals surface area contributed by atoms with Crippen molar-refractivity contribution < 1.29 is 14.3 Å². The second-order valence-corrected chi connectivity index (χ2v) is 6.92. The number of carbonyl (C=O) groups is 1. The average molecular weight is 414 g/mol. The topological polar surface area (TPSA) is 86.5 Å². The molecule has 2 rings (SSSR count). The van der Waals surface area contributed by atoms with Gasteiger partial charge in [-0.15, -0.1) is 23.7 Å². The van der Waals surface area contributed by atoms with Gasteiger partial charge in [0.2, 0.25) is 0 Å². The Morgan fingerprint density at radius 2 is 2.15 bits per heavy atom. The SMILES string of the molecule is CCCCOc1ccc(C(C)NC(=O)c2csc(CCN)n2)cc1OC.Cl. The first kappa shape index (κ1) is 23.2. The van der Waals surface area contributed by atoms with Crippen LogP contribution < -0.4 is 20.5 Å².